The number of ether oxygens (including phenoxy) is 1. The summed E-state index contributed by atoms with van der Waals surface area (Å²) in [7, 11) is 0. The van der Waals surface area contributed by atoms with Crippen LogP contribution in [-0.4, -0.2) is 10.8 Å². The Kier molecular flexibility index (Phi) is 7.98. The molecule has 0 bridgehead atoms. The molecule has 0 fully saturated rings. The minimum atomic E-state index is -0.541. The number of nitro benzene ring substituents is 1. The number of anilines is 1. The van der Waals surface area contributed by atoms with Crippen molar-refractivity contribution in [1.82, 2.24) is 0 Å². The summed E-state index contributed by atoms with van der Waals surface area (Å²) in [6, 6.07) is 18.7. The van der Waals surface area contributed by atoms with Crippen molar-refractivity contribution in [1.29, 1.82) is 5.26 Å². The van der Waals surface area contributed by atoms with E-state index in [1.165, 1.54) is 18.2 Å². The summed E-state index contributed by atoms with van der Waals surface area (Å²) in [5.41, 5.74) is 2.70. The maximum atomic E-state index is 12.7. The van der Waals surface area contributed by atoms with Gasteiger partial charge in [0.15, 0.2) is 0 Å². The van der Waals surface area contributed by atoms with Gasteiger partial charge in [0.25, 0.3) is 11.6 Å². The number of hydrogen-bond donors (Lipinski definition) is 1. The predicted molar refractivity (Wildman–Crippen MR) is 133 cm³/mol. The van der Waals surface area contributed by atoms with Crippen LogP contribution in [0.5, 0.6) is 5.75 Å². The number of rotatable bonds is 7. The highest BCUT2D eigenvalue weighted by Gasteiger charge is 2.15. The summed E-state index contributed by atoms with van der Waals surface area (Å²) < 4.78 is 7.28. The molecule has 0 unspecified atom stereocenters. The highest BCUT2D eigenvalue weighted by Crippen LogP contribution is 2.35. The van der Waals surface area contributed by atoms with Crippen LogP contribution in [0.3, 0.4) is 0 Å². The first-order valence-corrected chi connectivity index (χ1v) is 11.2. The number of hydrogen-bond acceptors (Lipinski definition) is 5. The topological polar surface area (TPSA) is 105 Å². The van der Waals surface area contributed by atoms with Gasteiger partial charge in [0.2, 0.25) is 0 Å². The van der Waals surface area contributed by atoms with Crippen LogP contribution in [0.1, 0.15) is 16.7 Å². The Morgan fingerprint density at radius 1 is 1.18 bits per heavy atom. The smallest absolute Gasteiger partial charge is 0.269 e. The second-order valence-electron chi connectivity index (χ2n) is 7.01. The van der Waals surface area contributed by atoms with Crippen LogP contribution in [0.25, 0.3) is 6.08 Å². The van der Waals surface area contributed by atoms with E-state index < -0.39 is 10.8 Å². The molecule has 0 aliphatic rings. The van der Waals surface area contributed by atoms with E-state index in [9.17, 15) is 20.2 Å². The van der Waals surface area contributed by atoms with Crippen molar-refractivity contribution in [2.45, 2.75) is 13.5 Å². The van der Waals surface area contributed by atoms with E-state index in [-0.39, 0.29) is 17.9 Å². The van der Waals surface area contributed by atoms with E-state index in [0.717, 1.165) is 15.6 Å². The minimum Gasteiger partial charge on any atom is -0.487 e. The first kappa shape index (κ1) is 24.2. The van der Waals surface area contributed by atoms with Crippen LogP contribution in [-0.2, 0) is 11.4 Å². The van der Waals surface area contributed by atoms with Gasteiger partial charge in [-0.25, -0.2) is 0 Å². The van der Waals surface area contributed by atoms with E-state index >= 15 is 0 Å². The third-order valence-electron chi connectivity index (χ3n) is 4.51. The Morgan fingerprint density at radius 2 is 1.91 bits per heavy atom. The zero-order valence-corrected chi connectivity index (χ0v) is 20.5. The first-order valence-electron chi connectivity index (χ1n) is 9.62. The number of aryl methyl sites for hydroxylation is 1. The number of benzene rings is 3. The molecule has 0 saturated heterocycles. The normalized spacial score (nSPS) is 10.9. The SMILES string of the molecule is Cc1cccc(NC(=O)/C(C#N)=C/c2cc(Br)cc(Br)c2OCc2ccc([N+](=O)[O-])cc2)c1. The van der Waals surface area contributed by atoms with Gasteiger partial charge < -0.3 is 10.1 Å². The molecule has 0 saturated carbocycles. The Labute approximate surface area is 207 Å². The van der Waals surface area contributed by atoms with Crippen molar-refractivity contribution in [3.05, 3.63) is 102 Å². The number of carbonyl (C=O) groups excluding carboxylic acids is 1. The molecule has 0 atom stereocenters. The van der Waals surface area contributed by atoms with Crippen molar-refractivity contribution >= 4 is 55.2 Å². The van der Waals surface area contributed by atoms with E-state index in [0.29, 0.717) is 21.5 Å². The standard InChI is InChI=1S/C24H17Br2N3O4/c1-15-3-2-4-20(9-15)28-24(30)18(13-27)10-17-11-19(25)12-22(26)23(17)33-14-16-5-7-21(8-6-16)29(31)32/h2-12H,14H2,1H3,(H,28,30)/b18-10+. The van der Waals surface area contributed by atoms with Crippen LogP contribution in [0.4, 0.5) is 11.4 Å². The predicted octanol–water partition coefficient (Wildman–Crippen LogP) is 6.55. The van der Waals surface area contributed by atoms with Crippen molar-refractivity contribution in [3.63, 3.8) is 0 Å². The molecular weight excluding hydrogens is 554 g/mol. The minimum absolute atomic E-state index is 0.00882. The highest BCUT2D eigenvalue weighted by atomic mass is 79.9. The lowest BCUT2D eigenvalue weighted by Gasteiger charge is -2.13. The van der Waals surface area contributed by atoms with Gasteiger partial charge in [0.1, 0.15) is 24.0 Å². The van der Waals surface area contributed by atoms with Crippen LogP contribution >= 0.6 is 31.9 Å². The number of non-ortho nitro benzene ring substituents is 1. The fourth-order valence-corrected chi connectivity index (χ4v) is 4.31. The number of nitrogens with zero attached hydrogens (tertiary/aromatic N) is 2. The summed E-state index contributed by atoms with van der Waals surface area (Å²) in [6.45, 7) is 2.04. The maximum absolute atomic E-state index is 12.7. The maximum Gasteiger partial charge on any atom is 0.269 e. The van der Waals surface area contributed by atoms with Crippen molar-refractivity contribution in [2.24, 2.45) is 0 Å². The summed E-state index contributed by atoms with van der Waals surface area (Å²) in [5.74, 6) is -0.117. The van der Waals surface area contributed by atoms with Crippen molar-refractivity contribution in [2.75, 3.05) is 5.32 Å². The van der Waals surface area contributed by atoms with Gasteiger partial charge >= 0.3 is 0 Å². The van der Waals surface area contributed by atoms with E-state index in [2.05, 4.69) is 37.2 Å². The molecule has 0 aliphatic carbocycles. The molecule has 0 radical (unpaired) electrons. The van der Waals surface area contributed by atoms with E-state index in [1.54, 1.807) is 36.4 Å². The van der Waals surface area contributed by atoms with Crippen LogP contribution in [0.2, 0.25) is 0 Å². The van der Waals surface area contributed by atoms with Gasteiger partial charge in [-0.05, 0) is 76.5 Å². The van der Waals surface area contributed by atoms with Crippen molar-refractivity contribution in [3.8, 4) is 11.8 Å². The van der Waals surface area contributed by atoms with Crippen LogP contribution in [0.15, 0.2) is 75.2 Å². The van der Waals surface area contributed by atoms with Crippen LogP contribution < -0.4 is 10.1 Å². The molecule has 0 spiro atoms. The van der Waals surface area contributed by atoms with Gasteiger partial charge in [-0.15, -0.1) is 0 Å². The van der Waals surface area contributed by atoms with Crippen LogP contribution in [0, 0.1) is 28.4 Å². The quantitative estimate of drug-likeness (QED) is 0.150. The van der Waals surface area contributed by atoms with Gasteiger partial charge in [-0.3, -0.25) is 14.9 Å². The highest BCUT2D eigenvalue weighted by molar-refractivity contribution is 9.11. The molecule has 33 heavy (non-hydrogen) atoms. The molecule has 7 nitrogen and oxygen atoms in total. The third-order valence-corrected chi connectivity index (χ3v) is 5.56. The average Bonchev–Trinajstić information content (AvgIpc) is 2.77. The lowest BCUT2D eigenvalue weighted by atomic mass is 10.1. The number of nitrogens with one attached hydrogen (secondary N) is 1. The Bertz CT molecular complexity index is 1280. The number of carbonyl (C=O) groups is 1. The Morgan fingerprint density at radius 3 is 2.55 bits per heavy atom. The molecule has 1 amide bonds. The Balaban J connectivity index is 1.86. The van der Waals surface area contributed by atoms with E-state index in [1.807, 2.05) is 25.1 Å². The number of nitro groups is 1. The van der Waals surface area contributed by atoms with Crippen molar-refractivity contribution < 1.29 is 14.5 Å². The lowest BCUT2D eigenvalue weighted by molar-refractivity contribution is -0.384. The molecule has 3 rings (SSSR count). The van der Waals surface area contributed by atoms with Gasteiger partial charge in [0.05, 0.1) is 9.40 Å². The zero-order chi connectivity index (χ0) is 24.0. The second-order valence-corrected chi connectivity index (χ2v) is 8.78. The molecule has 1 N–H and O–H groups in total. The van der Waals surface area contributed by atoms with Gasteiger partial charge in [-0.2, -0.15) is 5.26 Å². The van der Waals surface area contributed by atoms with E-state index in [4.69, 9.17) is 4.74 Å². The number of nitriles is 1. The largest absolute Gasteiger partial charge is 0.487 e. The molecule has 0 aromatic heterocycles. The molecule has 0 aliphatic heterocycles. The fourth-order valence-electron chi connectivity index (χ4n) is 2.93. The zero-order valence-electron chi connectivity index (χ0n) is 17.3. The lowest BCUT2D eigenvalue weighted by Crippen LogP contribution is -2.13. The fraction of sp³-hybridized carbons (Fsp3) is 0.0833. The molecule has 3 aromatic carbocycles. The number of amides is 1. The number of halogens is 2. The summed E-state index contributed by atoms with van der Waals surface area (Å²) in [6.07, 6.45) is 1.45. The average molecular weight is 571 g/mol. The summed E-state index contributed by atoms with van der Waals surface area (Å²) in [4.78, 5) is 23.0. The van der Waals surface area contributed by atoms with Gasteiger partial charge in [0, 0.05) is 27.9 Å². The summed E-state index contributed by atoms with van der Waals surface area (Å²) in [5, 5.41) is 23.2. The molecule has 0 heterocycles. The summed E-state index contributed by atoms with van der Waals surface area (Å²) >= 11 is 6.87. The van der Waals surface area contributed by atoms with Gasteiger partial charge in [-0.1, -0.05) is 28.1 Å². The molecule has 166 valence electrons. The molecule has 3 aromatic rings. The first-order chi connectivity index (χ1) is 15.8. The molecular formula is C24H17Br2N3O4. The Hall–Kier alpha value is -3.48. The second kappa shape index (κ2) is 10.9. The monoisotopic (exact) mass is 569 g/mol. The third kappa shape index (κ3) is 6.51. The molecule has 9 heteroatoms.